The SMILES string of the molecule is CCOC(=O)c1cn(C(F)(F)Br)nc1I. The lowest BCUT2D eigenvalue weighted by Crippen LogP contribution is -2.15. The van der Waals surface area contributed by atoms with Gasteiger partial charge < -0.3 is 4.74 Å². The quantitative estimate of drug-likeness (QED) is 0.449. The van der Waals surface area contributed by atoms with Crippen molar-refractivity contribution in [2.75, 3.05) is 6.61 Å². The molecule has 15 heavy (non-hydrogen) atoms. The topological polar surface area (TPSA) is 44.1 Å². The summed E-state index contributed by atoms with van der Waals surface area (Å²) in [4.78, 5) is 7.96. The van der Waals surface area contributed by atoms with Gasteiger partial charge in [-0.3, -0.25) is 0 Å². The van der Waals surface area contributed by atoms with Crippen molar-refractivity contribution in [3.05, 3.63) is 15.5 Å². The maximum atomic E-state index is 12.8. The second-order valence-corrected chi connectivity index (χ2v) is 4.44. The first-order valence-electron chi connectivity index (χ1n) is 3.85. The number of hydrogen-bond donors (Lipinski definition) is 0. The van der Waals surface area contributed by atoms with Crippen LogP contribution in [-0.4, -0.2) is 22.4 Å². The number of aromatic nitrogens is 2. The van der Waals surface area contributed by atoms with Gasteiger partial charge in [-0.15, -0.1) is 0 Å². The Bertz CT molecular complexity index is 378. The second kappa shape index (κ2) is 4.73. The van der Waals surface area contributed by atoms with Crippen molar-refractivity contribution in [1.29, 1.82) is 0 Å². The molecule has 1 aromatic heterocycles. The molecule has 0 N–H and O–H groups in total. The van der Waals surface area contributed by atoms with Crippen LogP contribution < -0.4 is 0 Å². The fourth-order valence-electron chi connectivity index (χ4n) is 0.829. The van der Waals surface area contributed by atoms with Crippen molar-refractivity contribution in [3.8, 4) is 0 Å². The molecule has 0 aromatic carbocycles. The van der Waals surface area contributed by atoms with Gasteiger partial charge in [0.1, 0.15) is 9.26 Å². The lowest BCUT2D eigenvalue weighted by Gasteiger charge is -2.06. The van der Waals surface area contributed by atoms with Crippen molar-refractivity contribution < 1.29 is 18.3 Å². The second-order valence-electron chi connectivity index (χ2n) is 2.47. The van der Waals surface area contributed by atoms with Gasteiger partial charge >= 0.3 is 10.9 Å². The zero-order valence-corrected chi connectivity index (χ0v) is 11.3. The van der Waals surface area contributed by atoms with Crippen molar-refractivity contribution in [1.82, 2.24) is 9.78 Å². The van der Waals surface area contributed by atoms with E-state index in [4.69, 9.17) is 0 Å². The highest BCUT2D eigenvalue weighted by atomic mass is 127. The average Bonchev–Trinajstić information content (AvgIpc) is 2.47. The molecule has 0 aliphatic heterocycles. The molecule has 0 saturated carbocycles. The lowest BCUT2D eigenvalue weighted by atomic mass is 10.4. The van der Waals surface area contributed by atoms with Crippen molar-refractivity contribution >= 4 is 44.5 Å². The van der Waals surface area contributed by atoms with E-state index in [1.165, 1.54) is 0 Å². The third-order valence-corrected chi connectivity index (χ3v) is 2.58. The van der Waals surface area contributed by atoms with E-state index >= 15 is 0 Å². The van der Waals surface area contributed by atoms with Crippen LogP contribution in [0.1, 0.15) is 17.3 Å². The maximum absolute atomic E-state index is 12.8. The predicted octanol–water partition coefficient (Wildman–Crippen LogP) is 2.57. The van der Waals surface area contributed by atoms with Crippen LogP contribution in [0.25, 0.3) is 0 Å². The zero-order valence-electron chi connectivity index (χ0n) is 7.51. The number of ether oxygens (including phenoxy) is 1. The summed E-state index contributed by atoms with van der Waals surface area (Å²) < 4.78 is 30.7. The van der Waals surface area contributed by atoms with Gasteiger partial charge in [0.25, 0.3) is 0 Å². The molecule has 0 atom stereocenters. The molecule has 0 spiro atoms. The van der Waals surface area contributed by atoms with E-state index in [0.29, 0.717) is 4.68 Å². The summed E-state index contributed by atoms with van der Waals surface area (Å²) >= 11 is 3.82. The molecule has 0 aliphatic rings. The molecule has 1 rings (SSSR count). The van der Waals surface area contributed by atoms with E-state index in [9.17, 15) is 13.6 Å². The summed E-state index contributed by atoms with van der Waals surface area (Å²) in [5, 5.41) is 3.49. The van der Waals surface area contributed by atoms with Gasteiger partial charge in [-0.1, -0.05) is 0 Å². The highest BCUT2D eigenvalue weighted by Gasteiger charge is 2.30. The van der Waals surface area contributed by atoms with Crippen LogP contribution in [0.15, 0.2) is 6.20 Å². The van der Waals surface area contributed by atoms with E-state index in [-0.39, 0.29) is 15.9 Å². The average molecular weight is 395 g/mol. The van der Waals surface area contributed by atoms with Gasteiger partial charge in [0.05, 0.1) is 6.61 Å². The molecule has 0 radical (unpaired) electrons. The minimum Gasteiger partial charge on any atom is -0.462 e. The molecular formula is C7H6BrF2IN2O2. The van der Waals surface area contributed by atoms with Crippen LogP contribution in [0.2, 0.25) is 0 Å². The predicted molar refractivity (Wildman–Crippen MR) is 60.0 cm³/mol. The van der Waals surface area contributed by atoms with Crippen LogP contribution in [0, 0.1) is 3.70 Å². The van der Waals surface area contributed by atoms with Crippen LogP contribution in [0.5, 0.6) is 0 Å². The molecule has 0 aliphatic carbocycles. The van der Waals surface area contributed by atoms with Gasteiger partial charge in [0, 0.05) is 22.1 Å². The van der Waals surface area contributed by atoms with E-state index in [2.05, 4.69) is 25.8 Å². The Morgan fingerprint density at radius 2 is 2.40 bits per heavy atom. The van der Waals surface area contributed by atoms with Gasteiger partial charge in [-0.05, 0) is 29.5 Å². The highest BCUT2D eigenvalue weighted by molar-refractivity contribution is 14.1. The normalized spacial score (nSPS) is 11.5. The molecule has 0 bridgehead atoms. The van der Waals surface area contributed by atoms with E-state index in [1.807, 2.05) is 0 Å². The summed E-state index contributed by atoms with van der Waals surface area (Å²) in [5.41, 5.74) is 0.0246. The zero-order chi connectivity index (χ0) is 11.6. The number of alkyl halides is 3. The fourth-order valence-corrected chi connectivity index (χ4v) is 1.60. The van der Waals surface area contributed by atoms with E-state index in [1.54, 1.807) is 29.5 Å². The van der Waals surface area contributed by atoms with Crippen LogP contribution in [-0.2, 0) is 9.69 Å². The summed E-state index contributed by atoms with van der Waals surface area (Å²) in [6.07, 6.45) is 0.939. The third-order valence-electron chi connectivity index (χ3n) is 1.42. The number of carbonyl (C=O) groups is 1. The van der Waals surface area contributed by atoms with Crippen molar-refractivity contribution in [3.63, 3.8) is 0 Å². The van der Waals surface area contributed by atoms with Crippen molar-refractivity contribution in [2.24, 2.45) is 0 Å². The molecule has 0 amide bonds. The number of hydrogen-bond acceptors (Lipinski definition) is 3. The first-order chi connectivity index (χ1) is 6.86. The summed E-state index contributed by atoms with van der Waals surface area (Å²) in [6, 6.07) is 0. The Kier molecular flexibility index (Phi) is 4.04. The minimum atomic E-state index is -3.31. The molecule has 4 nitrogen and oxygen atoms in total. The number of rotatable bonds is 3. The highest BCUT2D eigenvalue weighted by Crippen LogP contribution is 2.28. The standard InChI is InChI=1S/C7H6BrF2IN2O2/c1-2-15-6(14)4-3-13(7(8,9)10)12-5(4)11/h3H,2H2,1H3. The van der Waals surface area contributed by atoms with Gasteiger partial charge in [0.15, 0.2) is 0 Å². The number of esters is 1. The van der Waals surface area contributed by atoms with Crippen LogP contribution >= 0.6 is 38.5 Å². The molecule has 1 aromatic rings. The van der Waals surface area contributed by atoms with Crippen molar-refractivity contribution in [2.45, 2.75) is 11.9 Å². The first-order valence-corrected chi connectivity index (χ1v) is 5.73. The molecule has 0 unspecified atom stereocenters. The van der Waals surface area contributed by atoms with Crippen LogP contribution in [0.4, 0.5) is 8.78 Å². The Balaban J connectivity index is 3.02. The van der Waals surface area contributed by atoms with E-state index < -0.39 is 10.9 Å². The Hall–Kier alpha value is -0.250. The third kappa shape index (κ3) is 3.10. The smallest absolute Gasteiger partial charge is 0.401 e. The van der Waals surface area contributed by atoms with Crippen LogP contribution in [0.3, 0.4) is 0 Å². The number of nitrogens with zero attached hydrogens (tertiary/aromatic N) is 2. The van der Waals surface area contributed by atoms with Gasteiger partial charge in [-0.2, -0.15) is 18.6 Å². The summed E-state index contributed by atoms with van der Waals surface area (Å²) in [7, 11) is 0. The van der Waals surface area contributed by atoms with Gasteiger partial charge in [-0.25, -0.2) is 4.79 Å². The van der Waals surface area contributed by atoms with Gasteiger partial charge in [0.2, 0.25) is 0 Å². The minimum absolute atomic E-state index is 0.0246. The molecule has 0 fully saturated rings. The monoisotopic (exact) mass is 394 g/mol. The summed E-state index contributed by atoms with van der Waals surface area (Å²) in [5.74, 6) is -0.662. The molecule has 84 valence electrons. The largest absolute Gasteiger partial charge is 0.462 e. The molecule has 8 heteroatoms. The Labute approximate surface area is 106 Å². The molecule has 0 saturated heterocycles. The fraction of sp³-hybridized carbons (Fsp3) is 0.429. The lowest BCUT2D eigenvalue weighted by molar-refractivity contribution is 0.0195. The van der Waals surface area contributed by atoms with E-state index in [0.717, 1.165) is 6.20 Å². The molecular weight excluding hydrogens is 389 g/mol. The summed E-state index contributed by atoms with van der Waals surface area (Å²) in [6.45, 7) is 1.82. The number of halogens is 4. The molecule has 1 heterocycles. The maximum Gasteiger partial charge on any atom is 0.401 e. The Morgan fingerprint density at radius 3 is 2.80 bits per heavy atom. The first kappa shape index (κ1) is 12.8. The Morgan fingerprint density at radius 1 is 1.80 bits per heavy atom. The number of carbonyl (C=O) groups excluding carboxylic acids is 1.